The summed E-state index contributed by atoms with van der Waals surface area (Å²) in [6, 6.07) is 0. The Hall–Kier alpha value is -1.06. The highest BCUT2D eigenvalue weighted by atomic mass is 16.4. The van der Waals surface area contributed by atoms with Gasteiger partial charge in [-0.15, -0.1) is 0 Å². The average molecular weight is 427 g/mol. The van der Waals surface area contributed by atoms with Gasteiger partial charge in [-0.05, 0) is 43.4 Å². The zero-order chi connectivity index (χ0) is 22.8. The van der Waals surface area contributed by atoms with Gasteiger partial charge in [-0.25, -0.2) is 0 Å². The number of aliphatic carboxylic acids is 2. The van der Waals surface area contributed by atoms with E-state index in [1.54, 1.807) is 0 Å². The van der Waals surface area contributed by atoms with Crippen LogP contribution in [0.15, 0.2) is 0 Å². The van der Waals surface area contributed by atoms with Crippen LogP contribution in [0, 0.1) is 23.7 Å². The average Bonchev–Trinajstić information content (AvgIpc) is 2.64. The van der Waals surface area contributed by atoms with Crippen LogP contribution in [0.4, 0.5) is 0 Å². The molecule has 0 radical (unpaired) electrons. The predicted octanol–water partition coefficient (Wildman–Crippen LogP) is 7.94. The normalized spacial score (nSPS) is 13.7. The first-order chi connectivity index (χ1) is 14.2. The Balaban J connectivity index is 4.00. The highest BCUT2D eigenvalue weighted by molar-refractivity contribution is 5.69. The van der Waals surface area contributed by atoms with Crippen LogP contribution < -0.4 is 0 Å². The first-order valence-corrected chi connectivity index (χ1v) is 12.7. The van der Waals surface area contributed by atoms with Crippen molar-refractivity contribution in [1.29, 1.82) is 0 Å². The van der Waals surface area contributed by atoms with Crippen LogP contribution in [-0.2, 0) is 9.59 Å². The molecule has 0 fully saturated rings. The molecule has 0 amide bonds. The first kappa shape index (κ1) is 28.9. The van der Waals surface area contributed by atoms with Crippen LogP contribution in [0.2, 0.25) is 0 Å². The third kappa shape index (κ3) is 18.9. The van der Waals surface area contributed by atoms with Gasteiger partial charge in [0.25, 0.3) is 0 Å². The van der Waals surface area contributed by atoms with Gasteiger partial charge in [0.15, 0.2) is 0 Å². The quantitative estimate of drug-likeness (QED) is 0.183. The van der Waals surface area contributed by atoms with Crippen molar-refractivity contribution < 1.29 is 19.8 Å². The summed E-state index contributed by atoms with van der Waals surface area (Å²) in [6.45, 7) is 8.95. The Kier molecular flexibility index (Phi) is 18.0. The Morgan fingerprint density at radius 3 is 1.27 bits per heavy atom. The van der Waals surface area contributed by atoms with Crippen molar-refractivity contribution in [2.75, 3.05) is 0 Å². The molecule has 0 rings (SSSR count). The van der Waals surface area contributed by atoms with Gasteiger partial charge < -0.3 is 10.2 Å². The number of rotatable bonds is 21. The van der Waals surface area contributed by atoms with E-state index >= 15 is 0 Å². The minimum absolute atomic E-state index is 0.208. The minimum Gasteiger partial charge on any atom is -0.481 e. The molecule has 0 aromatic heterocycles. The zero-order valence-electron chi connectivity index (χ0n) is 20.3. The molecule has 0 bridgehead atoms. The molecule has 0 saturated heterocycles. The van der Waals surface area contributed by atoms with Crippen molar-refractivity contribution in [3.63, 3.8) is 0 Å². The maximum atomic E-state index is 11.5. The SMILES string of the molecule is CC(C)CCCCCC(CCCCCC(CCCCCC(C)C)C(=O)O)CC(=O)O. The summed E-state index contributed by atoms with van der Waals surface area (Å²) in [5, 5.41) is 18.7. The molecule has 0 aliphatic heterocycles. The molecular formula is C26H50O4. The zero-order valence-corrected chi connectivity index (χ0v) is 20.3. The van der Waals surface area contributed by atoms with Crippen molar-refractivity contribution in [3.8, 4) is 0 Å². The second-order valence-electron chi connectivity index (χ2n) is 10.2. The third-order valence-corrected chi connectivity index (χ3v) is 6.21. The molecule has 2 unspecified atom stereocenters. The van der Waals surface area contributed by atoms with E-state index in [1.165, 1.54) is 32.1 Å². The van der Waals surface area contributed by atoms with Crippen LogP contribution in [0.5, 0.6) is 0 Å². The molecule has 0 saturated carbocycles. The maximum absolute atomic E-state index is 11.5. The van der Waals surface area contributed by atoms with Crippen molar-refractivity contribution in [1.82, 2.24) is 0 Å². The second-order valence-corrected chi connectivity index (χ2v) is 10.2. The van der Waals surface area contributed by atoms with Crippen LogP contribution >= 0.6 is 0 Å². The lowest BCUT2D eigenvalue weighted by molar-refractivity contribution is -0.142. The highest BCUT2D eigenvalue weighted by Crippen LogP contribution is 2.24. The second kappa shape index (κ2) is 18.7. The van der Waals surface area contributed by atoms with Crippen LogP contribution in [0.25, 0.3) is 0 Å². The minimum atomic E-state index is -0.689. The first-order valence-electron chi connectivity index (χ1n) is 12.7. The van der Waals surface area contributed by atoms with Crippen LogP contribution in [-0.4, -0.2) is 22.2 Å². The molecule has 0 aliphatic rings. The molecule has 0 aromatic carbocycles. The fourth-order valence-electron chi connectivity index (χ4n) is 4.27. The van der Waals surface area contributed by atoms with Crippen molar-refractivity contribution in [3.05, 3.63) is 0 Å². The van der Waals surface area contributed by atoms with Crippen LogP contribution in [0.1, 0.15) is 130 Å². The Labute approximate surface area is 186 Å². The summed E-state index contributed by atoms with van der Waals surface area (Å²) in [4.78, 5) is 22.7. The van der Waals surface area contributed by atoms with E-state index in [0.29, 0.717) is 0 Å². The lowest BCUT2D eigenvalue weighted by Gasteiger charge is -2.16. The standard InChI is InChI=1S/C26H50O4/c1-21(2)14-8-5-10-16-23(20-25(27)28)17-11-7-13-19-24(26(29)30)18-12-6-9-15-22(3)4/h21-24H,5-20H2,1-4H3,(H,27,28)(H,29,30). The van der Waals surface area contributed by atoms with E-state index in [4.69, 9.17) is 0 Å². The molecule has 0 aromatic rings. The number of hydrogen-bond acceptors (Lipinski definition) is 2. The lowest BCUT2D eigenvalue weighted by atomic mass is 9.90. The molecular weight excluding hydrogens is 376 g/mol. The molecule has 2 atom stereocenters. The molecule has 0 heterocycles. The molecule has 178 valence electrons. The third-order valence-electron chi connectivity index (χ3n) is 6.21. The number of carbonyl (C=O) groups is 2. The summed E-state index contributed by atoms with van der Waals surface area (Å²) in [6.07, 6.45) is 16.2. The van der Waals surface area contributed by atoms with Gasteiger partial charge in [0, 0.05) is 6.42 Å². The Morgan fingerprint density at radius 1 is 0.567 bits per heavy atom. The molecule has 0 aliphatic carbocycles. The van der Waals surface area contributed by atoms with Gasteiger partial charge in [-0.1, -0.05) is 98.3 Å². The molecule has 2 N–H and O–H groups in total. The summed E-state index contributed by atoms with van der Waals surface area (Å²) in [5.41, 5.74) is 0. The van der Waals surface area contributed by atoms with Gasteiger partial charge in [0.2, 0.25) is 0 Å². The lowest BCUT2D eigenvalue weighted by Crippen LogP contribution is -2.13. The van der Waals surface area contributed by atoms with Crippen molar-refractivity contribution in [2.45, 2.75) is 130 Å². The molecule has 4 heteroatoms. The molecule has 30 heavy (non-hydrogen) atoms. The van der Waals surface area contributed by atoms with Crippen molar-refractivity contribution in [2.24, 2.45) is 23.7 Å². The van der Waals surface area contributed by atoms with E-state index in [2.05, 4.69) is 27.7 Å². The number of carboxylic acids is 2. The fourth-order valence-corrected chi connectivity index (χ4v) is 4.27. The molecule has 0 spiro atoms. The largest absolute Gasteiger partial charge is 0.481 e. The highest BCUT2D eigenvalue weighted by Gasteiger charge is 2.17. The van der Waals surface area contributed by atoms with Crippen molar-refractivity contribution >= 4 is 11.9 Å². The monoisotopic (exact) mass is 426 g/mol. The van der Waals surface area contributed by atoms with E-state index in [0.717, 1.165) is 76.0 Å². The van der Waals surface area contributed by atoms with E-state index in [1.807, 2.05) is 0 Å². The summed E-state index contributed by atoms with van der Waals surface area (Å²) in [7, 11) is 0. The maximum Gasteiger partial charge on any atom is 0.306 e. The van der Waals surface area contributed by atoms with E-state index in [-0.39, 0.29) is 18.3 Å². The molecule has 4 nitrogen and oxygen atoms in total. The van der Waals surface area contributed by atoms with Gasteiger partial charge >= 0.3 is 11.9 Å². The summed E-state index contributed by atoms with van der Waals surface area (Å²) < 4.78 is 0. The number of hydrogen-bond donors (Lipinski definition) is 2. The Bertz CT molecular complexity index is 431. The predicted molar refractivity (Wildman–Crippen MR) is 126 cm³/mol. The van der Waals surface area contributed by atoms with Gasteiger partial charge in [-0.3, -0.25) is 9.59 Å². The summed E-state index contributed by atoms with van der Waals surface area (Å²) >= 11 is 0. The number of unbranched alkanes of at least 4 members (excludes halogenated alkanes) is 6. The van der Waals surface area contributed by atoms with E-state index < -0.39 is 11.9 Å². The fraction of sp³-hybridized carbons (Fsp3) is 0.923. The van der Waals surface area contributed by atoms with Gasteiger partial charge in [-0.2, -0.15) is 0 Å². The smallest absolute Gasteiger partial charge is 0.306 e. The van der Waals surface area contributed by atoms with E-state index in [9.17, 15) is 19.8 Å². The summed E-state index contributed by atoms with van der Waals surface area (Å²) in [5.74, 6) is 0.201. The topological polar surface area (TPSA) is 74.6 Å². The number of carboxylic acid groups (broad SMARTS) is 2. The van der Waals surface area contributed by atoms with Crippen LogP contribution in [0.3, 0.4) is 0 Å². The van der Waals surface area contributed by atoms with Gasteiger partial charge in [0.05, 0.1) is 5.92 Å². The Morgan fingerprint density at radius 2 is 0.933 bits per heavy atom. The van der Waals surface area contributed by atoms with Gasteiger partial charge in [0.1, 0.15) is 0 Å².